The van der Waals surface area contributed by atoms with Gasteiger partial charge in [0.15, 0.2) is 0 Å². The molecule has 2 heterocycles. The maximum Gasteiger partial charge on any atom is 0.0931 e. The zero-order valence-corrected chi connectivity index (χ0v) is 12.5. The molecule has 4 rings (SSSR count). The van der Waals surface area contributed by atoms with Crippen molar-refractivity contribution in [2.45, 2.75) is 6.04 Å². The molecule has 1 atom stereocenters. The summed E-state index contributed by atoms with van der Waals surface area (Å²) in [7, 11) is 0. The van der Waals surface area contributed by atoms with Crippen molar-refractivity contribution in [1.82, 2.24) is 9.97 Å². The van der Waals surface area contributed by atoms with Crippen molar-refractivity contribution in [1.29, 1.82) is 0 Å². The average molecular weight is 295 g/mol. The van der Waals surface area contributed by atoms with Crippen LogP contribution in [0.2, 0.25) is 0 Å². The minimum Gasteiger partial charge on any atom is -0.363 e. The van der Waals surface area contributed by atoms with Crippen LogP contribution in [0.5, 0.6) is 0 Å². The molecule has 0 aliphatic carbocycles. The first-order chi connectivity index (χ1) is 10.4. The van der Waals surface area contributed by atoms with Crippen LogP contribution in [0.1, 0.15) is 11.6 Å². The molecule has 1 saturated heterocycles. The van der Waals surface area contributed by atoms with Gasteiger partial charge in [-0.25, -0.2) is 4.98 Å². The lowest BCUT2D eigenvalue weighted by atomic mass is 10.1. The number of anilines is 1. The number of hydrogen-bond donors (Lipinski definition) is 1. The van der Waals surface area contributed by atoms with Gasteiger partial charge in [-0.05, 0) is 23.8 Å². The van der Waals surface area contributed by atoms with Crippen LogP contribution in [0.4, 0.5) is 5.69 Å². The van der Waals surface area contributed by atoms with Gasteiger partial charge in [-0.1, -0.05) is 30.3 Å². The third-order valence-corrected chi connectivity index (χ3v) is 5.07. The molecule has 3 aromatic rings. The highest BCUT2D eigenvalue weighted by Gasteiger charge is 2.24. The summed E-state index contributed by atoms with van der Waals surface area (Å²) in [6, 6.07) is 17.8. The highest BCUT2D eigenvalue weighted by molar-refractivity contribution is 7.99. The van der Waals surface area contributed by atoms with E-state index < -0.39 is 0 Å². The molecule has 0 radical (unpaired) electrons. The number of aromatic amines is 1. The van der Waals surface area contributed by atoms with Gasteiger partial charge in [0, 0.05) is 23.7 Å². The van der Waals surface area contributed by atoms with Crippen molar-refractivity contribution >= 4 is 28.5 Å². The first-order valence-corrected chi connectivity index (χ1v) is 8.40. The Morgan fingerprint density at radius 2 is 2.05 bits per heavy atom. The van der Waals surface area contributed by atoms with E-state index in [4.69, 9.17) is 0 Å². The van der Waals surface area contributed by atoms with Gasteiger partial charge in [-0.3, -0.25) is 0 Å². The Labute approximate surface area is 128 Å². The third kappa shape index (κ3) is 2.40. The van der Waals surface area contributed by atoms with Crippen LogP contribution >= 0.6 is 11.8 Å². The van der Waals surface area contributed by atoms with Crippen molar-refractivity contribution in [3.8, 4) is 0 Å². The van der Waals surface area contributed by atoms with Crippen LogP contribution in [0, 0.1) is 0 Å². The summed E-state index contributed by atoms with van der Waals surface area (Å²) in [5.74, 6) is 2.33. The lowest BCUT2D eigenvalue weighted by molar-refractivity contribution is 0.687. The van der Waals surface area contributed by atoms with Crippen LogP contribution in [0.25, 0.3) is 11.0 Å². The number of H-pyrrole nitrogens is 1. The quantitative estimate of drug-likeness (QED) is 0.779. The molecule has 1 fully saturated rings. The molecule has 0 amide bonds. The Balaban J connectivity index is 1.73. The average Bonchev–Trinajstić information content (AvgIpc) is 3.03. The fourth-order valence-electron chi connectivity index (χ4n) is 2.97. The minimum absolute atomic E-state index is 0.449. The Morgan fingerprint density at radius 3 is 2.95 bits per heavy atom. The van der Waals surface area contributed by atoms with E-state index in [0.717, 1.165) is 23.3 Å². The summed E-state index contributed by atoms with van der Waals surface area (Å²) in [5, 5.41) is 0. The van der Waals surface area contributed by atoms with E-state index in [-0.39, 0.29) is 0 Å². The van der Waals surface area contributed by atoms with E-state index in [1.54, 1.807) is 6.33 Å². The Kier molecular flexibility index (Phi) is 3.31. The van der Waals surface area contributed by atoms with Crippen molar-refractivity contribution < 1.29 is 0 Å². The van der Waals surface area contributed by atoms with Crippen molar-refractivity contribution in [2.24, 2.45) is 0 Å². The number of rotatable bonds is 2. The lowest BCUT2D eigenvalue weighted by Crippen LogP contribution is -2.36. The molecule has 106 valence electrons. The fourth-order valence-corrected chi connectivity index (χ4v) is 4.05. The summed E-state index contributed by atoms with van der Waals surface area (Å²) in [6.45, 7) is 1.09. The van der Waals surface area contributed by atoms with Gasteiger partial charge in [0.1, 0.15) is 0 Å². The van der Waals surface area contributed by atoms with Crippen LogP contribution in [-0.4, -0.2) is 28.0 Å². The van der Waals surface area contributed by atoms with Gasteiger partial charge in [0.05, 0.1) is 23.4 Å². The molecular formula is C17H17N3S. The summed E-state index contributed by atoms with van der Waals surface area (Å²) in [6.07, 6.45) is 1.76. The van der Waals surface area contributed by atoms with E-state index in [1.165, 1.54) is 17.0 Å². The highest BCUT2D eigenvalue weighted by atomic mass is 32.2. The molecule has 1 aliphatic rings. The van der Waals surface area contributed by atoms with E-state index in [0.29, 0.717) is 6.04 Å². The summed E-state index contributed by atoms with van der Waals surface area (Å²) < 4.78 is 0. The van der Waals surface area contributed by atoms with E-state index in [2.05, 4.69) is 63.4 Å². The maximum absolute atomic E-state index is 4.30. The number of aromatic nitrogens is 2. The molecule has 1 aromatic heterocycles. The first-order valence-electron chi connectivity index (χ1n) is 7.24. The van der Waals surface area contributed by atoms with Gasteiger partial charge in [0.25, 0.3) is 0 Å². The topological polar surface area (TPSA) is 31.9 Å². The SMILES string of the molecule is c1ccc(C2CSCCN2c2ccc3nc[nH]c3c2)cc1. The first kappa shape index (κ1) is 12.8. The molecule has 0 spiro atoms. The predicted molar refractivity (Wildman–Crippen MR) is 89.9 cm³/mol. The van der Waals surface area contributed by atoms with Crippen molar-refractivity contribution in [3.63, 3.8) is 0 Å². The van der Waals surface area contributed by atoms with Crippen molar-refractivity contribution in [2.75, 3.05) is 23.0 Å². The van der Waals surface area contributed by atoms with E-state index >= 15 is 0 Å². The predicted octanol–water partition coefficient (Wildman–Crippen LogP) is 3.86. The third-order valence-electron chi connectivity index (χ3n) is 4.05. The summed E-state index contributed by atoms with van der Waals surface area (Å²) >= 11 is 2.04. The highest BCUT2D eigenvalue weighted by Crippen LogP contribution is 2.34. The number of nitrogens with zero attached hydrogens (tertiary/aromatic N) is 2. The molecule has 4 heteroatoms. The second-order valence-electron chi connectivity index (χ2n) is 5.30. The number of hydrogen-bond acceptors (Lipinski definition) is 3. The normalized spacial score (nSPS) is 19.0. The zero-order chi connectivity index (χ0) is 14.1. The number of thioether (sulfide) groups is 1. The molecule has 1 aliphatic heterocycles. The van der Waals surface area contributed by atoms with Crippen LogP contribution in [-0.2, 0) is 0 Å². The number of benzene rings is 2. The Hall–Kier alpha value is -1.94. The standard InChI is InChI=1S/C17H17N3S/c1-2-4-13(5-3-1)17-11-21-9-8-20(17)14-6-7-15-16(10-14)19-12-18-15/h1-7,10,12,17H,8-9,11H2,(H,18,19). The summed E-state index contributed by atoms with van der Waals surface area (Å²) in [4.78, 5) is 10.0. The minimum atomic E-state index is 0.449. The maximum atomic E-state index is 4.30. The lowest BCUT2D eigenvalue weighted by Gasteiger charge is -2.37. The van der Waals surface area contributed by atoms with Crippen LogP contribution in [0.3, 0.4) is 0 Å². The van der Waals surface area contributed by atoms with Gasteiger partial charge in [0.2, 0.25) is 0 Å². The van der Waals surface area contributed by atoms with E-state index in [1.807, 2.05) is 11.8 Å². The van der Waals surface area contributed by atoms with Gasteiger partial charge in [-0.2, -0.15) is 11.8 Å². The molecular weight excluding hydrogens is 278 g/mol. The van der Waals surface area contributed by atoms with Crippen LogP contribution < -0.4 is 4.90 Å². The fraction of sp³-hybridized carbons (Fsp3) is 0.235. The van der Waals surface area contributed by atoms with Gasteiger partial charge >= 0.3 is 0 Å². The molecule has 3 nitrogen and oxygen atoms in total. The van der Waals surface area contributed by atoms with Crippen LogP contribution in [0.15, 0.2) is 54.9 Å². The number of nitrogens with one attached hydrogen (secondary N) is 1. The van der Waals surface area contributed by atoms with Gasteiger partial charge in [-0.15, -0.1) is 0 Å². The molecule has 0 saturated carbocycles. The van der Waals surface area contributed by atoms with E-state index in [9.17, 15) is 0 Å². The summed E-state index contributed by atoms with van der Waals surface area (Å²) in [5.41, 5.74) is 4.81. The van der Waals surface area contributed by atoms with Gasteiger partial charge < -0.3 is 9.88 Å². The number of fused-ring (bicyclic) bond motifs is 1. The second-order valence-corrected chi connectivity index (χ2v) is 6.45. The largest absolute Gasteiger partial charge is 0.363 e. The Morgan fingerprint density at radius 1 is 1.14 bits per heavy atom. The number of imidazole rings is 1. The smallest absolute Gasteiger partial charge is 0.0931 e. The molecule has 1 N–H and O–H groups in total. The zero-order valence-electron chi connectivity index (χ0n) is 11.7. The van der Waals surface area contributed by atoms with Crippen molar-refractivity contribution in [3.05, 3.63) is 60.4 Å². The molecule has 1 unspecified atom stereocenters. The molecule has 21 heavy (non-hydrogen) atoms. The second kappa shape index (κ2) is 5.45. The monoisotopic (exact) mass is 295 g/mol. The molecule has 2 aromatic carbocycles. The molecule has 0 bridgehead atoms. The Bertz CT molecular complexity index is 738.